The monoisotopic (exact) mass is 541 g/mol. The molecule has 2 aliphatic rings. The lowest BCUT2D eigenvalue weighted by Gasteiger charge is -2.25. The average molecular weight is 542 g/mol. The molecule has 0 bridgehead atoms. The summed E-state index contributed by atoms with van der Waals surface area (Å²) >= 11 is 0. The molecule has 0 spiro atoms. The number of unbranched alkanes of at least 4 members (excludes halogenated alkanes) is 2. The molecule has 0 aromatic rings. The second-order valence-corrected chi connectivity index (χ2v) is 10.4. The van der Waals surface area contributed by atoms with E-state index in [1.165, 1.54) is 38.5 Å². The van der Waals surface area contributed by atoms with Crippen LogP contribution in [0, 0.1) is 23.7 Å². The number of ketones is 2. The molecule has 0 aromatic carbocycles. The highest BCUT2D eigenvalue weighted by molar-refractivity contribution is 6.36. The number of hydrogen-bond donors (Lipinski definition) is 3. The van der Waals surface area contributed by atoms with Gasteiger partial charge in [-0.3, -0.25) is 19.2 Å². The third-order valence-corrected chi connectivity index (χ3v) is 6.92. The van der Waals surface area contributed by atoms with Crippen molar-refractivity contribution < 1.29 is 19.2 Å². The smallest absolute Gasteiger partial charge is 0.285 e. The summed E-state index contributed by atoms with van der Waals surface area (Å²) in [5, 5.41) is 0. The lowest BCUT2D eigenvalue weighted by Crippen LogP contribution is -2.37. The van der Waals surface area contributed by atoms with Crippen LogP contribution in [0.15, 0.2) is 0 Å². The van der Waals surface area contributed by atoms with E-state index >= 15 is 0 Å². The van der Waals surface area contributed by atoms with Gasteiger partial charge in [0.25, 0.3) is 5.91 Å². The molecule has 2 atom stereocenters. The van der Waals surface area contributed by atoms with Crippen molar-refractivity contribution in [2.45, 2.75) is 151 Å². The van der Waals surface area contributed by atoms with Crippen LogP contribution >= 0.6 is 0 Å². The molecule has 0 saturated heterocycles. The van der Waals surface area contributed by atoms with Crippen LogP contribution in [0.5, 0.6) is 0 Å². The minimum absolute atomic E-state index is 0.108. The van der Waals surface area contributed by atoms with Gasteiger partial charge in [-0.25, -0.2) is 0 Å². The number of Topliss-reactive ketones (excluding diaryl/α,β-unsaturated/α-hetero) is 2. The van der Waals surface area contributed by atoms with E-state index in [2.05, 4.69) is 33.4 Å². The molecule has 0 radical (unpaired) electrons. The van der Waals surface area contributed by atoms with Gasteiger partial charge in [0.2, 0.25) is 12.2 Å². The van der Waals surface area contributed by atoms with Crippen LogP contribution in [-0.4, -0.2) is 29.9 Å². The van der Waals surface area contributed by atoms with E-state index in [0.717, 1.165) is 57.8 Å². The summed E-state index contributed by atoms with van der Waals surface area (Å²) in [6.07, 6.45) is 17.7. The number of primary amides is 2. The molecule has 2 saturated carbocycles. The van der Waals surface area contributed by atoms with Gasteiger partial charge in [0, 0.05) is 5.92 Å². The van der Waals surface area contributed by atoms with E-state index in [-0.39, 0.29) is 29.9 Å². The van der Waals surface area contributed by atoms with Gasteiger partial charge in [-0.05, 0) is 56.8 Å². The standard InChI is InChI=1S/C16H29NO2.C9H17NO.C3H8.C2H6.CH3NO/c1-3-5-7-13(8-6-4-2)14(11-12-9-10-12)15(18)16(17)19;1-7(11)9(10)8-5-3-2-4-6-8;1-3-2;1-2;2-1-3/h12-14H,3-11H2,1-2H3,(H2,17,19);8-9H,2-6,10H2,1H3;3H2,1-2H3;1-2H3;1H,(H2,2,3). The summed E-state index contributed by atoms with van der Waals surface area (Å²) < 4.78 is 0. The largest absolute Gasteiger partial charge is 0.372 e. The van der Waals surface area contributed by atoms with Crippen molar-refractivity contribution in [3.8, 4) is 0 Å². The van der Waals surface area contributed by atoms with Gasteiger partial charge >= 0.3 is 0 Å². The topological polar surface area (TPSA) is 146 Å². The first-order chi connectivity index (χ1) is 18.1. The Hall–Kier alpha value is -1.76. The molecule has 7 nitrogen and oxygen atoms in total. The third-order valence-electron chi connectivity index (χ3n) is 6.92. The molecule has 6 N–H and O–H groups in total. The van der Waals surface area contributed by atoms with Gasteiger partial charge in [0.15, 0.2) is 0 Å². The number of hydrogen-bond acceptors (Lipinski definition) is 5. The zero-order valence-corrected chi connectivity index (χ0v) is 25.9. The average Bonchev–Trinajstić information content (AvgIpc) is 3.74. The molecule has 0 aliphatic heterocycles. The number of carbonyl (C=O) groups is 4. The highest BCUT2D eigenvalue weighted by Gasteiger charge is 2.35. The number of rotatable bonds is 13. The first-order valence-electron chi connectivity index (χ1n) is 15.4. The van der Waals surface area contributed by atoms with Crippen molar-refractivity contribution in [1.29, 1.82) is 0 Å². The van der Waals surface area contributed by atoms with Crippen LogP contribution in [0.2, 0.25) is 0 Å². The Morgan fingerprint density at radius 3 is 1.61 bits per heavy atom. The predicted octanol–water partition coefficient (Wildman–Crippen LogP) is 6.48. The molecule has 2 amide bonds. The number of carbonyl (C=O) groups excluding carboxylic acids is 4. The van der Waals surface area contributed by atoms with Crippen molar-refractivity contribution in [3.63, 3.8) is 0 Å². The summed E-state index contributed by atoms with van der Waals surface area (Å²) in [6, 6.07) is -0.185. The highest BCUT2D eigenvalue weighted by atomic mass is 16.2. The SMILES string of the molecule is CC.CC(=O)C(N)C1CCCCC1.CCC.CCCCC(CCCC)C(CC1CC1)C(=O)C(N)=O.NC=O. The van der Waals surface area contributed by atoms with Gasteiger partial charge in [0.05, 0.1) is 6.04 Å². The third kappa shape index (κ3) is 22.2. The Bertz CT molecular complexity index is 580. The molecular formula is C31H63N3O4. The Morgan fingerprint density at radius 1 is 0.868 bits per heavy atom. The molecule has 0 aromatic heterocycles. The molecule has 2 aliphatic carbocycles. The Morgan fingerprint density at radius 2 is 1.29 bits per heavy atom. The Balaban J connectivity index is -0.000000542. The van der Waals surface area contributed by atoms with Crippen LogP contribution in [0.3, 0.4) is 0 Å². The fourth-order valence-electron chi connectivity index (χ4n) is 4.71. The summed E-state index contributed by atoms with van der Waals surface area (Å²) in [6.45, 7) is 14.2. The summed E-state index contributed by atoms with van der Waals surface area (Å²) in [5.41, 5.74) is 15.1. The molecule has 2 fully saturated rings. The van der Waals surface area contributed by atoms with E-state index in [1.807, 2.05) is 13.8 Å². The van der Waals surface area contributed by atoms with Crippen molar-refractivity contribution in [2.24, 2.45) is 40.9 Å². The molecule has 7 heteroatoms. The highest BCUT2D eigenvalue weighted by Crippen LogP contribution is 2.40. The van der Waals surface area contributed by atoms with E-state index in [9.17, 15) is 14.4 Å². The molecule has 38 heavy (non-hydrogen) atoms. The molecule has 2 unspecified atom stereocenters. The van der Waals surface area contributed by atoms with Crippen LogP contribution in [-0.2, 0) is 19.2 Å². The van der Waals surface area contributed by atoms with E-state index in [4.69, 9.17) is 16.3 Å². The van der Waals surface area contributed by atoms with E-state index in [1.54, 1.807) is 6.92 Å². The lowest BCUT2D eigenvalue weighted by molar-refractivity contribution is -0.140. The fourth-order valence-corrected chi connectivity index (χ4v) is 4.71. The number of nitrogens with two attached hydrogens (primary N) is 3. The van der Waals surface area contributed by atoms with Crippen LogP contribution in [0.4, 0.5) is 0 Å². The predicted molar refractivity (Wildman–Crippen MR) is 160 cm³/mol. The van der Waals surface area contributed by atoms with Crippen molar-refractivity contribution in [2.75, 3.05) is 0 Å². The molecular weight excluding hydrogens is 478 g/mol. The first-order valence-corrected chi connectivity index (χ1v) is 15.4. The molecule has 226 valence electrons. The van der Waals surface area contributed by atoms with Gasteiger partial charge < -0.3 is 17.2 Å². The lowest BCUT2D eigenvalue weighted by atomic mass is 9.78. The van der Waals surface area contributed by atoms with Crippen molar-refractivity contribution >= 4 is 23.9 Å². The van der Waals surface area contributed by atoms with Crippen LogP contribution in [0.25, 0.3) is 0 Å². The fraction of sp³-hybridized carbons (Fsp3) is 0.871. The van der Waals surface area contributed by atoms with Crippen molar-refractivity contribution in [3.05, 3.63) is 0 Å². The maximum atomic E-state index is 12.1. The minimum Gasteiger partial charge on any atom is -0.372 e. The Labute approximate surface area is 234 Å². The quantitative estimate of drug-likeness (QED) is 0.180. The second-order valence-electron chi connectivity index (χ2n) is 10.4. The number of amides is 2. The van der Waals surface area contributed by atoms with E-state index < -0.39 is 5.91 Å². The van der Waals surface area contributed by atoms with Gasteiger partial charge in [0.1, 0.15) is 5.78 Å². The van der Waals surface area contributed by atoms with Gasteiger partial charge in [-0.1, -0.05) is 106 Å². The van der Waals surface area contributed by atoms with Crippen molar-refractivity contribution in [1.82, 2.24) is 0 Å². The minimum atomic E-state index is -0.733. The maximum Gasteiger partial charge on any atom is 0.285 e. The summed E-state index contributed by atoms with van der Waals surface area (Å²) in [7, 11) is 0. The second kappa shape index (κ2) is 28.3. The summed E-state index contributed by atoms with van der Waals surface area (Å²) in [4.78, 5) is 42.9. The van der Waals surface area contributed by atoms with Gasteiger partial charge in [-0.15, -0.1) is 0 Å². The summed E-state index contributed by atoms with van der Waals surface area (Å²) in [5.74, 6) is 0.494. The molecule has 0 heterocycles. The van der Waals surface area contributed by atoms with Crippen LogP contribution < -0.4 is 17.2 Å². The Kier molecular flexibility index (Phi) is 30.3. The first kappa shape index (κ1) is 40.7. The zero-order chi connectivity index (χ0) is 29.9. The van der Waals surface area contributed by atoms with Crippen LogP contribution in [0.1, 0.15) is 145 Å². The zero-order valence-electron chi connectivity index (χ0n) is 25.9. The molecule has 2 rings (SSSR count). The van der Waals surface area contributed by atoms with E-state index in [0.29, 0.717) is 17.8 Å². The van der Waals surface area contributed by atoms with Gasteiger partial charge in [-0.2, -0.15) is 0 Å². The maximum absolute atomic E-state index is 12.1. The normalized spacial score (nSPS) is 15.9.